The summed E-state index contributed by atoms with van der Waals surface area (Å²) in [6.45, 7) is 3.90. The highest BCUT2D eigenvalue weighted by Crippen LogP contribution is 2.56. The largest absolute Gasteiger partial charge is 0.490 e. The zero-order valence-corrected chi connectivity index (χ0v) is 27.8. The molecule has 3 amide bonds. The average molecular weight is 653 g/mol. The highest BCUT2D eigenvalue weighted by molar-refractivity contribution is 8.43. The summed E-state index contributed by atoms with van der Waals surface area (Å²) in [5, 5.41) is 8.27. The van der Waals surface area contributed by atoms with Crippen LogP contribution in [0.4, 0.5) is 0 Å². The first-order valence-electron chi connectivity index (χ1n) is 14.0. The number of ketones is 2. The van der Waals surface area contributed by atoms with Crippen molar-refractivity contribution in [1.82, 2.24) is 16.0 Å². The highest BCUT2D eigenvalue weighted by atomic mass is 32.4. The molecular weight excluding hydrogens is 609 g/mol. The summed E-state index contributed by atoms with van der Waals surface area (Å²) in [5.74, 6) is -3.77. The Labute approximate surface area is 258 Å². The molecular formula is C28H43N6O6P3. The lowest BCUT2D eigenvalue weighted by molar-refractivity contribution is -0.135. The second kappa shape index (κ2) is 18.7. The maximum absolute atomic E-state index is 13.5. The number of benzene rings is 1. The number of fused-ring (bicyclic) bond motifs is 16. The number of nitrogens with one attached hydrogen (secondary N) is 3. The van der Waals surface area contributed by atoms with E-state index in [1.165, 1.54) is 6.92 Å². The molecule has 12 nitrogen and oxygen atoms in total. The van der Waals surface area contributed by atoms with Crippen molar-refractivity contribution in [3.05, 3.63) is 42.0 Å². The summed E-state index contributed by atoms with van der Waals surface area (Å²) in [7, 11) is 3.96. The second-order valence-electron chi connectivity index (χ2n) is 10.4. The van der Waals surface area contributed by atoms with Crippen molar-refractivity contribution >= 4 is 60.4 Å². The third-order valence-electron chi connectivity index (χ3n) is 6.73. The number of aliphatic imine (C=N–C) groups is 1. The quantitative estimate of drug-likeness (QED) is 0.0917. The molecule has 3 rings (SSSR count). The van der Waals surface area contributed by atoms with Gasteiger partial charge in [0.1, 0.15) is 18.1 Å². The molecule has 1 aromatic rings. The molecule has 0 aromatic heterocycles. The molecule has 6 unspecified atom stereocenters. The topological polar surface area (TPSA) is 195 Å². The molecule has 2 aliphatic rings. The molecule has 236 valence electrons. The van der Waals surface area contributed by atoms with Gasteiger partial charge >= 0.3 is 0 Å². The van der Waals surface area contributed by atoms with Crippen molar-refractivity contribution in [3.63, 3.8) is 0 Å². The molecule has 0 radical (unpaired) electrons. The van der Waals surface area contributed by atoms with Gasteiger partial charge in [0, 0.05) is 31.8 Å². The molecule has 0 fully saturated rings. The first kappa shape index (κ1) is 36.3. The van der Waals surface area contributed by atoms with Crippen LogP contribution in [0.1, 0.15) is 45.1 Å². The van der Waals surface area contributed by atoms with Gasteiger partial charge in [0.2, 0.25) is 17.7 Å². The van der Waals surface area contributed by atoms with Gasteiger partial charge in [-0.15, -0.1) is 17.9 Å². The van der Waals surface area contributed by atoms with E-state index in [1.54, 1.807) is 19.1 Å². The van der Waals surface area contributed by atoms with E-state index in [0.717, 1.165) is 5.56 Å². The van der Waals surface area contributed by atoms with Gasteiger partial charge in [-0.2, -0.15) is 0 Å². The number of nitrogens with two attached hydrogens (primary N) is 2. The predicted molar refractivity (Wildman–Crippen MR) is 175 cm³/mol. The van der Waals surface area contributed by atoms with Crippen LogP contribution in [-0.4, -0.2) is 66.8 Å². The third kappa shape index (κ3) is 13.5. The number of amides is 3. The summed E-state index contributed by atoms with van der Waals surface area (Å²) >= 11 is 0. The van der Waals surface area contributed by atoms with E-state index in [-0.39, 0.29) is 62.4 Å². The monoisotopic (exact) mass is 652 g/mol. The average Bonchev–Trinajstić information content (AvgIpc) is 2.94. The van der Waals surface area contributed by atoms with Crippen LogP contribution in [0.15, 0.2) is 41.4 Å². The van der Waals surface area contributed by atoms with E-state index >= 15 is 0 Å². The van der Waals surface area contributed by atoms with Crippen molar-refractivity contribution in [1.29, 1.82) is 0 Å². The van der Waals surface area contributed by atoms with E-state index in [1.807, 2.05) is 24.3 Å². The standard InChI is InChI=1S/C28H43N6O6P3/c1-17-14-19-7-9-21(10-8-19)40-13-4-3-11-31-24(37)16-20(15-23(36)27(43(41)42)34-25(17)38)26(39)33-22(18(2)35)6-5-12-32-28(29)30/h3-4,7-10,17,20,22,27H,5-6,11-16,41-42H2,1-2H3,(H,31,37)(H,33,39)(H,34,38)(H4,29,30,32)/b4-3+. The molecule has 0 saturated heterocycles. The van der Waals surface area contributed by atoms with Crippen LogP contribution >= 0.6 is 25.2 Å². The predicted octanol–water partition coefficient (Wildman–Crippen LogP) is 1.53. The number of rotatable bonds is 8. The summed E-state index contributed by atoms with van der Waals surface area (Å²) in [4.78, 5) is 69.0. The Balaban J connectivity index is 2.27. The Hall–Kier alpha value is -2.93. The van der Waals surface area contributed by atoms with Gasteiger partial charge in [0.25, 0.3) is 0 Å². The van der Waals surface area contributed by atoms with Gasteiger partial charge in [0.15, 0.2) is 17.5 Å². The molecule has 43 heavy (non-hydrogen) atoms. The minimum absolute atomic E-state index is 0.0729. The maximum Gasteiger partial charge on any atom is 0.224 e. The normalized spacial score (nSPS) is 22.0. The molecule has 7 N–H and O–H groups in total. The van der Waals surface area contributed by atoms with E-state index in [9.17, 15) is 24.0 Å². The number of carbonyl (C=O) groups is 5. The van der Waals surface area contributed by atoms with Crippen LogP contribution in [0.5, 0.6) is 5.75 Å². The van der Waals surface area contributed by atoms with E-state index in [0.29, 0.717) is 18.6 Å². The molecule has 15 heteroatoms. The zero-order valence-electron chi connectivity index (χ0n) is 24.6. The number of hydrogen-bond acceptors (Lipinski definition) is 7. The van der Waals surface area contributed by atoms with Gasteiger partial charge in [-0.05, 0) is 57.3 Å². The van der Waals surface area contributed by atoms with Crippen molar-refractivity contribution < 1.29 is 28.7 Å². The smallest absolute Gasteiger partial charge is 0.224 e. The van der Waals surface area contributed by atoms with E-state index in [2.05, 4.69) is 38.8 Å². The first-order chi connectivity index (χ1) is 20.4. The molecule has 6 atom stereocenters. The SMILES string of the molecule is CC(=O)C(CCCN=C(N)N)NC(=O)C1CC(=O)NC/C=C/COc2ccc(cc2)CC(C)C(=O)NC(P(P)P)C(=O)C1. The lowest BCUT2D eigenvalue weighted by Gasteiger charge is -2.26. The van der Waals surface area contributed by atoms with Gasteiger partial charge in [-0.25, -0.2) is 0 Å². The molecule has 1 aromatic carbocycles. The molecule has 0 aliphatic carbocycles. The molecule has 0 spiro atoms. The highest BCUT2D eigenvalue weighted by Gasteiger charge is 2.33. The number of Topliss-reactive ketones (excluding diaryl/α,β-unsaturated/α-hetero) is 2. The maximum atomic E-state index is 13.5. The van der Waals surface area contributed by atoms with Crippen LogP contribution in [0.3, 0.4) is 0 Å². The van der Waals surface area contributed by atoms with Crippen LogP contribution in [0.2, 0.25) is 0 Å². The Morgan fingerprint density at radius 3 is 2.44 bits per heavy atom. The fraction of sp³-hybridized carbons (Fsp3) is 0.500. The van der Waals surface area contributed by atoms with Crippen LogP contribution in [-0.2, 0) is 30.4 Å². The van der Waals surface area contributed by atoms with Crippen molar-refractivity contribution in [2.45, 2.75) is 57.8 Å². The zero-order chi connectivity index (χ0) is 31.9. The fourth-order valence-corrected chi connectivity index (χ4v) is 6.47. The van der Waals surface area contributed by atoms with Crippen LogP contribution < -0.4 is 32.2 Å². The molecule has 0 saturated carbocycles. The Morgan fingerprint density at radius 2 is 1.81 bits per heavy atom. The van der Waals surface area contributed by atoms with Crippen molar-refractivity contribution in [3.8, 4) is 5.75 Å². The van der Waals surface area contributed by atoms with Gasteiger partial charge in [0.05, 0.1) is 12.0 Å². The molecule has 2 aliphatic heterocycles. The molecule has 2 bridgehead atoms. The lowest BCUT2D eigenvalue weighted by Crippen LogP contribution is -2.46. The number of nitrogens with zero attached hydrogens (tertiary/aromatic N) is 1. The van der Waals surface area contributed by atoms with Crippen molar-refractivity contribution in [2.75, 3.05) is 19.7 Å². The Morgan fingerprint density at radius 1 is 1.12 bits per heavy atom. The van der Waals surface area contributed by atoms with Gasteiger partial charge in [-0.3, -0.25) is 29.0 Å². The summed E-state index contributed by atoms with van der Waals surface area (Å²) in [5.41, 5.74) is 11.6. The minimum Gasteiger partial charge on any atom is -0.490 e. The fourth-order valence-electron chi connectivity index (χ4n) is 4.31. The summed E-state index contributed by atoms with van der Waals surface area (Å²) in [6.07, 6.45) is 4.08. The van der Waals surface area contributed by atoms with E-state index in [4.69, 9.17) is 16.2 Å². The van der Waals surface area contributed by atoms with Crippen molar-refractivity contribution in [2.24, 2.45) is 28.3 Å². The third-order valence-corrected chi connectivity index (χ3v) is 9.53. The Kier molecular flexibility index (Phi) is 15.7. The number of hydrogen-bond donors (Lipinski definition) is 5. The number of carbonyl (C=O) groups excluding carboxylic acids is 5. The summed E-state index contributed by atoms with van der Waals surface area (Å²) in [6, 6.07) is 6.60. The number of guanidine groups is 1. The summed E-state index contributed by atoms with van der Waals surface area (Å²) < 4.78 is 5.70. The minimum atomic E-state index is -1.13. The number of ether oxygens (including phenoxy) is 1. The van der Waals surface area contributed by atoms with Gasteiger partial charge in [-0.1, -0.05) is 25.1 Å². The second-order valence-corrected chi connectivity index (χ2v) is 17.2. The van der Waals surface area contributed by atoms with E-state index < -0.39 is 42.8 Å². The lowest BCUT2D eigenvalue weighted by atomic mass is 9.95. The van der Waals surface area contributed by atoms with Gasteiger partial charge < -0.3 is 32.2 Å². The molecule has 2 heterocycles. The first-order valence-corrected chi connectivity index (χ1v) is 18.6. The van der Waals surface area contributed by atoms with Crippen LogP contribution in [0, 0.1) is 11.8 Å². The Bertz CT molecular complexity index is 1190. The van der Waals surface area contributed by atoms with Crippen LogP contribution in [0.25, 0.3) is 0 Å².